The summed E-state index contributed by atoms with van der Waals surface area (Å²) in [6, 6.07) is 4.69. The monoisotopic (exact) mass is 262 g/mol. The average Bonchev–Trinajstić information content (AvgIpc) is 2.75. The van der Waals surface area contributed by atoms with Gasteiger partial charge in [-0.15, -0.1) is 0 Å². The molecule has 5 heteroatoms. The number of carboxylic acids is 1. The summed E-state index contributed by atoms with van der Waals surface area (Å²) in [5.74, 6) is -1.35. The van der Waals surface area contributed by atoms with Gasteiger partial charge in [0.25, 0.3) is 0 Å². The van der Waals surface area contributed by atoms with Crippen LogP contribution < -0.4 is 0 Å². The maximum Gasteiger partial charge on any atom is 0.303 e. The zero-order valence-electron chi connectivity index (χ0n) is 10.8. The SMILES string of the molecule is CC(CC(=O)O)c1ccc(F)c(-c2cnn(C)c2)c1. The molecule has 100 valence electrons. The molecular formula is C14H15FN2O2. The second-order valence-electron chi connectivity index (χ2n) is 4.64. The second kappa shape index (κ2) is 5.22. The Hall–Kier alpha value is -2.17. The summed E-state index contributed by atoms with van der Waals surface area (Å²) >= 11 is 0. The summed E-state index contributed by atoms with van der Waals surface area (Å²) in [6.45, 7) is 1.81. The minimum Gasteiger partial charge on any atom is -0.481 e. The van der Waals surface area contributed by atoms with Crippen LogP contribution in [-0.4, -0.2) is 20.9 Å². The molecular weight excluding hydrogens is 247 g/mol. The van der Waals surface area contributed by atoms with Gasteiger partial charge in [0.1, 0.15) is 5.82 Å². The van der Waals surface area contributed by atoms with E-state index in [-0.39, 0.29) is 18.2 Å². The minimum atomic E-state index is -0.861. The Balaban J connectivity index is 2.37. The van der Waals surface area contributed by atoms with Crippen LogP contribution in [0, 0.1) is 5.82 Å². The molecule has 1 aromatic carbocycles. The van der Waals surface area contributed by atoms with E-state index in [4.69, 9.17) is 5.11 Å². The molecule has 1 aromatic heterocycles. The second-order valence-corrected chi connectivity index (χ2v) is 4.64. The predicted molar refractivity (Wildman–Crippen MR) is 69.3 cm³/mol. The molecule has 0 radical (unpaired) electrons. The molecule has 0 aliphatic carbocycles. The Kier molecular flexibility index (Phi) is 3.64. The van der Waals surface area contributed by atoms with Crippen LogP contribution in [0.5, 0.6) is 0 Å². The topological polar surface area (TPSA) is 55.1 Å². The summed E-state index contributed by atoms with van der Waals surface area (Å²) < 4.78 is 15.4. The number of aliphatic carboxylic acids is 1. The van der Waals surface area contributed by atoms with Gasteiger partial charge >= 0.3 is 5.97 Å². The van der Waals surface area contributed by atoms with E-state index in [1.807, 2.05) is 6.92 Å². The third-order valence-electron chi connectivity index (χ3n) is 3.06. The lowest BCUT2D eigenvalue weighted by atomic mass is 9.94. The molecule has 0 aliphatic rings. The zero-order valence-corrected chi connectivity index (χ0v) is 10.8. The number of hydrogen-bond donors (Lipinski definition) is 1. The molecule has 0 spiro atoms. The first-order valence-corrected chi connectivity index (χ1v) is 5.97. The molecule has 0 bridgehead atoms. The molecule has 1 unspecified atom stereocenters. The molecule has 0 fully saturated rings. The number of halogens is 1. The van der Waals surface area contributed by atoms with Crippen molar-refractivity contribution >= 4 is 5.97 Å². The zero-order chi connectivity index (χ0) is 14.0. The summed E-state index contributed by atoms with van der Waals surface area (Å²) in [7, 11) is 1.76. The molecule has 0 saturated carbocycles. The number of nitrogens with zero attached hydrogens (tertiary/aromatic N) is 2. The van der Waals surface area contributed by atoms with Gasteiger partial charge < -0.3 is 5.11 Å². The van der Waals surface area contributed by atoms with Gasteiger partial charge in [-0.25, -0.2) is 4.39 Å². The molecule has 2 rings (SSSR count). The molecule has 2 aromatic rings. The Morgan fingerprint density at radius 1 is 1.53 bits per heavy atom. The fourth-order valence-corrected chi connectivity index (χ4v) is 2.01. The Bertz CT molecular complexity index is 607. The summed E-state index contributed by atoms with van der Waals surface area (Å²) in [4.78, 5) is 10.7. The van der Waals surface area contributed by atoms with E-state index < -0.39 is 5.97 Å². The van der Waals surface area contributed by atoms with E-state index >= 15 is 0 Å². The first-order valence-electron chi connectivity index (χ1n) is 5.97. The first kappa shape index (κ1) is 13.3. The molecule has 1 N–H and O–H groups in total. The Morgan fingerprint density at radius 2 is 2.26 bits per heavy atom. The molecule has 0 amide bonds. The largest absolute Gasteiger partial charge is 0.481 e. The van der Waals surface area contributed by atoms with Gasteiger partial charge in [-0.05, 0) is 23.6 Å². The van der Waals surface area contributed by atoms with Crippen LogP contribution in [0.3, 0.4) is 0 Å². The number of rotatable bonds is 4. The highest BCUT2D eigenvalue weighted by Crippen LogP contribution is 2.27. The fourth-order valence-electron chi connectivity index (χ4n) is 2.01. The quantitative estimate of drug-likeness (QED) is 0.921. The number of carboxylic acid groups (broad SMARTS) is 1. The van der Waals surface area contributed by atoms with Crippen molar-refractivity contribution in [2.75, 3.05) is 0 Å². The highest BCUT2D eigenvalue weighted by molar-refractivity contribution is 5.69. The number of aryl methyl sites for hydroxylation is 1. The van der Waals surface area contributed by atoms with Gasteiger partial charge in [0.05, 0.1) is 12.6 Å². The van der Waals surface area contributed by atoms with Gasteiger partial charge in [-0.2, -0.15) is 5.10 Å². The van der Waals surface area contributed by atoms with E-state index in [1.54, 1.807) is 36.3 Å². The normalized spacial score (nSPS) is 12.4. The van der Waals surface area contributed by atoms with Gasteiger partial charge in [-0.1, -0.05) is 13.0 Å². The first-order chi connectivity index (χ1) is 8.97. The minimum absolute atomic E-state index is 0.0259. The maximum atomic E-state index is 13.8. The van der Waals surface area contributed by atoms with Crippen LogP contribution in [0.2, 0.25) is 0 Å². The van der Waals surface area contributed by atoms with Gasteiger partial charge in [-0.3, -0.25) is 9.48 Å². The molecule has 4 nitrogen and oxygen atoms in total. The van der Waals surface area contributed by atoms with Crippen LogP contribution in [0.1, 0.15) is 24.8 Å². The van der Waals surface area contributed by atoms with E-state index in [0.29, 0.717) is 11.1 Å². The fraction of sp³-hybridized carbons (Fsp3) is 0.286. The highest BCUT2D eigenvalue weighted by atomic mass is 19.1. The van der Waals surface area contributed by atoms with E-state index in [1.165, 1.54) is 6.07 Å². The summed E-state index contributed by atoms with van der Waals surface area (Å²) in [5.41, 5.74) is 1.94. The van der Waals surface area contributed by atoms with Crippen molar-refractivity contribution in [3.63, 3.8) is 0 Å². The lowest BCUT2D eigenvalue weighted by Crippen LogP contribution is -2.03. The van der Waals surface area contributed by atoms with E-state index in [9.17, 15) is 9.18 Å². The summed E-state index contributed by atoms with van der Waals surface area (Å²) in [5, 5.41) is 12.8. The van der Waals surface area contributed by atoms with Crippen LogP contribution >= 0.6 is 0 Å². The molecule has 1 atom stereocenters. The van der Waals surface area contributed by atoms with Crippen LogP contribution in [-0.2, 0) is 11.8 Å². The Labute approximate surface area is 110 Å². The van der Waals surface area contributed by atoms with Crippen molar-refractivity contribution in [3.8, 4) is 11.1 Å². The number of aromatic nitrogens is 2. The number of benzene rings is 1. The van der Waals surface area contributed by atoms with Crippen molar-refractivity contribution in [2.45, 2.75) is 19.3 Å². The van der Waals surface area contributed by atoms with Gasteiger partial charge in [0.2, 0.25) is 0 Å². The van der Waals surface area contributed by atoms with Gasteiger partial charge in [0.15, 0.2) is 0 Å². The third-order valence-corrected chi connectivity index (χ3v) is 3.06. The van der Waals surface area contributed by atoms with Crippen molar-refractivity contribution < 1.29 is 14.3 Å². The van der Waals surface area contributed by atoms with E-state index in [0.717, 1.165) is 5.56 Å². The lowest BCUT2D eigenvalue weighted by molar-refractivity contribution is -0.137. The molecule has 19 heavy (non-hydrogen) atoms. The number of hydrogen-bond acceptors (Lipinski definition) is 2. The van der Waals surface area contributed by atoms with Crippen LogP contribution in [0.15, 0.2) is 30.6 Å². The maximum absolute atomic E-state index is 13.8. The molecule has 0 aliphatic heterocycles. The Morgan fingerprint density at radius 3 is 2.84 bits per heavy atom. The van der Waals surface area contributed by atoms with E-state index in [2.05, 4.69) is 5.10 Å². The molecule has 1 heterocycles. The van der Waals surface area contributed by atoms with Crippen molar-refractivity contribution in [1.82, 2.24) is 9.78 Å². The highest BCUT2D eigenvalue weighted by Gasteiger charge is 2.14. The molecule has 0 saturated heterocycles. The standard InChI is InChI=1S/C14H15FN2O2/c1-9(5-14(18)19)10-3-4-13(15)12(6-10)11-7-16-17(2)8-11/h3-4,6-9H,5H2,1-2H3,(H,18,19). The lowest BCUT2D eigenvalue weighted by Gasteiger charge is -2.11. The van der Waals surface area contributed by atoms with Gasteiger partial charge in [0, 0.05) is 24.4 Å². The van der Waals surface area contributed by atoms with Crippen LogP contribution in [0.4, 0.5) is 4.39 Å². The third kappa shape index (κ3) is 2.99. The summed E-state index contributed by atoms with van der Waals surface area (Å²) in [6.07, 6.45) is 3.34. The average molecular weight is 262 g/mol. The predicted octanol–water partition coefficient (Wildman–Crippen LogP) is 2.80. The van der Waals surface area contributed by atoms with Crippen molar-refractivity contribution in [1.29, 1.82) is 0 Å². The van der Waals surface area contributed by atoms with Crippen molar-refractivity contribution in [2.24, 2.45) is 7.05 Å². The van der Waals surface area contributed by atoms with Crippen LogP contribution in [0.25, 0.3) is 11.1 Å². The number of carbonyl (C=O) groups is 1. The van der Waals surface area contributed by atoms with Crippen molar-refractivity contribution in [3.05, 3.63) is 42.0 Å². The smallest absolute Gasteiger partial charge is 0.303 e.